The summed E-state index contributed by atoms with van der Waals surface area (Å²) in [5.41, 5.74) is 2.29. The molecule has 178 valence electrons. The number of piperidine rings is 1. The van der Waals surface area contributed by atoms with Gasteiger partial charge in [-0.3, -0.25) is 14.5 Å². The molecule has 0 spiro atoms. The lowest BCUT2D eigenvalue weighted by atomic mass is 10.1. The van der Waals surface area contributed by atoms with E-state index in [0.29, 0.717) is 22.2 Å². The van der Waals surface area contributed by atoms with Crippen molar-refractivity contribution in [2.75, 3.05) is 18.4 Å². The SMILES string of the molecule is O=C(Nc1cccc(CN2CCCCC2)c1)c1ccc2c(=O)n(-c3ccccc3F)c(=S)[nH]c2c1. The van der Waals surface area contributed by atoms with Gasteiger partial charge in [0.15, 0.2) is 4.77 Å². The number of aromatic amines is 1. The van der Waals surface area contributed by atoms with Crippen LogP contribution in [0, 0.1) is 10.6 Å². The smallest absolute Gasteiger partial charge is 0.266 e. The van der Waals surface area contributed by atoms with Crippen LogP contribution in [0.5, 0.6) is 0 Å². The maximum atomic E-state index is 14.3. The summed E-state index contributed by atoms with van der Waals surface area (Å²) in [5, 5.41) is 3.25. The number of carbonyl (C=O) groups is 1. The van der Waals surface area contributed by atoms with E-state index in [1.54, 1.807) is 30.3 Å². The number of carbonyl (C=O) groups excluding carboxylic acids is 1. The Morgan fingerprint density at radius 1 is 1.00 bits per heavy atom. The number of hydrogen-bond donors (Lipinski definition) is 2. The van der Waals surface area contributed by atoms with Gasteiger partial charge >= 0.3 is 0 Å². The topological polar surface area (TPSA) is 70.1 Å². The van der Waals surface area contributed by atoms with Gasteiger partial charge in [0.1, 0.15) is 5.82 Å². The largest absolute Gasteiger partial charge is 0.331 e. The molecule has 0 radical (unpaired) electrons. The number of H-pyrrole nitrogens is 1. The van der Waals surface area contributed by atoms with Crippen molar-refractivity contribution in [3.63, 3.8) is 0 Å². The van der Waals surface area contributed by atoms with Crippen LogP contribution in [0.15, 0.2) is 71.5 Å². The van der Waals surface area contributed by atoms with Gasteiger partial charge in [0.25, 0.3) is 11.5 Å². The van der Waals surface area contributed by atoms with E-state index in [1.165, 1.54) is 31.4 Å². The molecule has 4 aromatic rings. The number of fused-ring (bicyclic) bond motifs is 1. The lowest BCUT2D eigenvalue weighted by Gasteiger charge is -2.26. The molecule has 0 unspecified atom stereocenters. The Balaban J connectivity index is 1.40. The van der Waals surface area contributed by atoms with Gasteiger partial charge < -0.3 is 10.3 Å². The monoisotopic (exact) mass is 488 g/mol. The molecule has 5 rings (SSSR count). The fourth-order valence-corrected chi connectivity index (χ4v) is 4.83. The minimum Gasteiger partial charge on any atom is -0.331 e. The molecule has 0 atom stereocenters. The average molecular weight is 489 g/mol. The zero-order chi connectivity index (χ0) is 24.4. The molecular formula is C27H25FN4O2S. The molecular weight excluding hydrogens is 463 g/mol. The first-order chi connectivity index (χ1) is 17.0. The molecule has 1 aliphatic heterocycles. The zero-order valence-electron chi connectivity index (χ0n) is 19.1. The number of likely N-dealkylation sites (tertiary alicyclic amines) is 1. The zero-order valence-corrected chi connectivity index (χ0v) is 19.9. The van der Waals surface area contributed by atoms with Crippen LogP contribution < -0.4 is 10.9 Å². The van der Waals surface area contributed by atoms with Crippen molar-refractivity contribution in [2.45, 2.75) is 25.8 Å². The molecule has 1 aromatic heterocycles. The number of rotatable bonds is 5. The van der Waals surface area contributed by atoms with E-state index in [1.807, 2.05) is 18.2 Å². The summed E-state index contributed by atoms with van der Waals surface area (Å²) < 4.78 is 15.5. The molecule has 1 amide bonds. The van der Waals surface area contributed by atoms with Crippen LogP contribution in [0.4, 0.5) is 10.1 Å². The number of nitrogens with one attached hydrogen (secondary N) is 2. The van der Waals surface area contributed by atoms with Crippen molar-refractivity contribution in [3.8, 4) is 5.69 Å². The highest BCUT2D eigenvalue weighted by atomic mass is 32.1. The summed E-state index contributed by atoms with van der Waals surface area (Å²) in [4.78, 5) is 31.4. The summed E-state index contributed by atoms with van der Waals surface area (Å²) in [7, 11) is 0. The van der Waals surface area contributed by atoms with Crippen LogP contribution in [-0.2, 0) is 6.54 Å². The Morgan fingerprint density at radius 3 is 2.60 bits per heavy atom. The number of halogens is 1. The van der Waals surface area contributed by atoms with Gasteiger partial charge in [0.2, 0.25) is 0 Å². The fraction of sp³-hybridized carbons (Fsp3) is 0.222. The molecule has 0 saturated carbocycles. The second kappa shape index (κ2) is 9.93. The third-order valence-electron chi connectivity index (χ3n) is 6.29. The fourth-order valence-electron chi connectivity index (χ4n) is 4.54. The molecule has 0 aliphatic carbocycles. The van der Waals surface area contributed by atoms with E-state index >= 15 is 0 Å². The molecule has 2 N–H and O–H groups in total. The molecule has 6 nitrogen and oxygen atoms in total. The highest BCUT2D eigenvalue weighted by Gasteiger charge is 2.14. The molecule has 1 aliphatic rings. The molecule has 8 heteroatoms. The summed E-state index contributed by atoms with van der Waals surface area (Å²) in [5.74, 6) is -0.841. The standard InChI is InChI=1S/C27H25FN4O2S/c28-22-9-2-3-10-24(22)32-26(34)21-12-11-19(16-23(21)30-27(32)35)25(33)29-20-8-6-7-18(15-20)17-31-13-4-1-5-14-31/h2-3,6-12,15-16H,1,4-5,13-14,17H2,(H,29,33)(H,30,35). The van der Waals surface area contributed by atoms with Crippen molar-refractivity contribution in [3.05, 3.63) is 98.8 Å². The maximum absolute atomic E-state index is 14.3. The van der Waals surface area contributed by atoms with Gasteiger partial charge in [0, 0.05) is 17.8 Å². The first-order valence-corrected chi connectivity index (χ1v) is 12.1. The van der Waals surface area contributed by atoms with Crippen LogP contribution in [0.1, 0.15) is 35.2 Å². The van der Waals surface area contributed by atoms with Crippen LogP contribution in [-0.4, -0.2) is 33.4 Å². The number of nitrogens with zero attached hydrogens (tertiary/aromatic N) is 2. The third kappa shape index (κ3) is 4.94. The Labute approximate surface area is 207 Å². The molecule has 0 bridgehead atoms. The average Bonchev–Trinajstić information content (AvgIpc) is 2.85. The normalized spacial score (nSPS) is 14.2. The van der Waals surface area contributed by atoms with Crippen molar-refractivity contribution >= 4 is 34.7 Å². The summed E-state index contributed by atoms with van der Waals surface area (Å²) in [6.07, 6.45) is 3.75. The first-order valence-electron chi connectivity index (χ1n) is 11.7. The lowest BCUT2D eigenvalue weighted by Crippen LogP contribution is -2.29. The first kappa shape index (κ1) is 23.1. The van der Waals surface area contributed by atoms with Crippen LogP contribution in [0.25, 0.3) is 16.6 Å². The lowest BCUT2D eigenvalue weighted by molar-refractivity contribution is 0.102. The number of para-hydroxylation sites is 1. The number of benzene rings is 3. The van der Waals surface area contributed by atoms with Crippen molar-refractivity contribution < 1.29 is 9.18 Å². The second-order valence-corrected chi connectivity index (χ2v) is 9.16. The molecule has 3 aromatic carbocycles. The summed E-state index contributed by atoms with van der Waals surface area (Å²) in [6.45, 7) is 3.08. The number of hydrogen-bond acceptors (Lipinski definition) is 4. The molecule has 1 saturated heterocycles. The van der Waals surface area contributed by atoms with Crippen molar-refractivity contribution in [1.29, 1.82) is 0 Å². The number of aromatic nitrogens is 2. The molecule has 35 heavy (non-hydrogen) atoms. The molecule has 2 heterocycles. The minimum atomic E-state index is -0.549. The van der Waals surface area contributed by atoms with Gasteiger partial charge in [0.05, 0.1) is 16.6 Å². The van der Waals surface area contributed by atoms with Gasteiger partial charge in [-0.15, -0.1) is 0 Å². The van der Waals surface area contributed by atoms with E-state index < -0.39 is 11.4 Å². The predicted octanol–water partition coefficient (Wildman–Crippen LogP) is 5.43. The number of amides is 1. The minimum absolute atomic E-state index is 0.0515. The van der Waals surface area contributed by atoms with Gasteiger partial charge in [-0.1, -0.05) is 30.7 Å². The Kier molecular flexibility index (Phi) is 6.57. The van der Waals surface area contributed by atoms with Crippen LogP contribution in [0.2, 0.25) is 0 Å². The van der Waals surface area contributed by atoms with Gasteiger partial charge in [-0.2, -0.15) is 0 Å². The van der Waals surface area contributed by atoms with Crippen molar-refractivity contribution in [1.82, 2.24) is 14.5 Å². The van der Waals surface area contributed by atoms with Crippen molar-refractivity contribution in [2.24, 2.45) is 0 Å². The maximum Gasteiger partial charge on any atom is 0.266 e. The number of anilines is 1. The van der Waals surface area contributed by atoms with Crippen LogP contribution >= 0.6 is 12.2 Å². The van der Waals surface area contributed by atoms with E-state index in [-0.39, 0.29) is 16.4 Å². The highest BCUT2D eigenvalue weighted by molar-refractivity contribution is 7.71. The quantitative estimate of drug-likeness (QED) is 0.368. The third-order valence-corrected chi connectivity index (χ3v) is 6.58. The highest BCUT2D eigenvalue weighted by Crippen LogP contribution is 2.19. The van der Waals surface area contributed by atoms with Gasteiger partial charge in [-0.05, 0) is 86.2 Å². The van der Waals surface area contributed by atoms with E-state index in [0.717, 1.165) is 29.8 Å². The molecule has 1 fully saturated rings. The van der Waals surface area contributed by atoms with E-state index in [2.05, 4.69) is 21.3 Å². The van der Waals surface area contributed by atoms with E-state index in [4.69, 9.17) is 12.2 Å². The van der Waals surface area contributed by atoms with Gasteiger partial charge in [-0.25, -0.2) is 8.96 Å². The summed E-state index contributed by atoms with van der Waals surface area (Å²) in [6, 6.07) is 18.5. The Hall–Kier alpha value is -3.62. The predicted molar refractivity (Wildman–Crippen MR) is 138 cm³/mol. The van der Waals surface area contributed by atoms with E-state index in [9.17, 15) is 14.0 Å². The Bertz CT molecular complexity index is 1520. The second-order valence-electron chi connectivity index (χ2n) is 8.77. The Morgan fingerprint density at radius 2 is 1.80 bits per heavy atom. The summed E-state index contributed by atoms with van der Waals surface area (Å²) >= 11 is 5.34. The van der Waals surface area contributed by atoms with Crippen LogP contribution in [0.3, 0.4) is 0 Å².